The minimum Gasteiger partial charge on any atom is -0.497 e. The summed E-state index contributed by atoms with van der Waals surface area (Å²) in [4.78, 5) is 11.9. The van der Waals surface area contributed by atoms with Crippen LogP contribution in [-0.2, 0) is 0 Å². The number of amides is 2. The van der Waals surface area contributed by atoms with Gasteiger partial charge in [0.25, 0.3) is 0 Å². The number of nitrogens with one attached hydrogen (secondary N) is 2. The fourth-order valence-electron chi connectivity index (χ4n) is 2.49. The van der Waals surface area contributed by atoms with E-state index in [1.54, 1.807) is 49.6 Å². The molecule has 0 aliphatic carbocycles. The van der Waals surface area contributed by atoms with E-state index in [1.807, 2.05) is 0 Å². The summed E-state index contributed by atoms with van der Waals surface area (Å²) in [6, 6.07) is 12.0. The molecule has 2 aromatic rings. The van der Waals surface area contributed by atoms with Crippen molar-refractivity contribution < 1.29 is 24.1 Å². The molecule has 1 atom stereocenters. The maximum Gasteiger partial charge on any atom is 0.319 e. The Labute approximate surface area is 145 Å². The number of benzene rings is 2. The van der Waals surface area contributed by atoms with Crippen LogP contribution >= 0.6 is 0 Å². The third kappa shape index (κ3) is 4.33. The van der Waals surface area contributed by atoms with Gasteiger partial charge in [-0.05, 0) is 36.2 Å². The van der Waals surface area contributed by atoms with Crippen molar-refractivity contribution in [1.82, 2.24) is 5.32 Å². The van der Waals surface area contributed by atoms with Crippen LogP contribution in [0.4, 0.5) is 10.5 Å². The number of hydrogen-bond donors (Lipinski definition) is 3. The van der Waals surface area contributed by atoms with E-state index in [-0.39, 0.29) is 12.8 Å². The third-order valence-corrected chi connectivity index (χ3v) is 3.81. The largest absolute Gasteiger partial charge is 0.497 e. The zero-order chi connectivity index (χ0) is 17.6. The Morgan fingerprint density at radius 1 is 1.24 bits per heavy atom. The van der Waals surface area contributed by atoms with Crippen LogP contribution in [0.2, 0.25) is 0 Å². The molecule has 0 spiro atoms. The highest BCUT2D eigenvalue weighted by molar-refractivity contribution is 5.89. The van der Waals surface area contributed by atoms with Crippen LogP contribution in [0.15, 0.2) is 42.5 Å². The maximum atomic E-state index is 11.9. The summed E-state index contributed by atoms with van der Waals surface area (Å²) in [7, 11) is 1.57. The van der Waals surface area contributed by atoms with Crippen molar-refractivity contribution in [1.29, 1.82) is 0 Å². The predicted molar refractivity (Wildman–Crippen MR) is 92.2 cm³/mol. The first-order valence-corrected chi connectivity index (χ1v) is 7.92. The average Bonchev–Trinajstić information content (AvgIpc) is 3.09. The number of carbonyl (C=O) groups is 1. The molecule has 1 aliphatic rings. The summed E-state index contributed by atoms with van der Waals surface area (Å²) in [5.41, 5.74) is 1.35. The number of urea groups is 1. The van der Waals surface area contributed by atoms with Gasteiger partial charge in [0.05, 0.1) is 13.2 Å². The molecule has 0 fully saturated rings. The highest BCUT2D eigenvalue weighted by Gasteiger charge is 2.16. The predicted octanol–water partition coefficient (Wildman–Crippen LogP) is 2.67. The molecule has 2 aromatic carbocycles. The second-order valence-corrected chi connectivity index (χ2v) is 5.53. The molecular weight excluding hydrogens is 324 g/mol. The molecule has 7 nitrogen and oxygen atoms in total. The molecule has 3 N–H and O–H groups in total. The molecule has 0 bridgehead atoms. The lowest BCUT2D eigenvalue weighted by Crippen LogP contribution is -2.30. The fraction of sp³-hybridized carbons (Fsp3) is 0.278. The Balaban J connectivity index is 1.46. The van der Waals surface area contributed by atoms with Gasteiger partial charge in [0.15, 0.2) is 11.5 Å². The Bertz CT molecular complexity index is 750. The van der Waals surface area contributed by atoms with Crippen LogP contribution in [0, 0.1) is 0 Å². The first-order chi connectivity index (χ1) is 12.2. The number of aliphatic hydroxyl groups is 1. The first kappa shape index (κ1) is 16.9. The van der Waals surface area contributed by atoms with Crippen LogP contribution < -0.4 is 24.8 Å². The molecule has 2 amide bonds. The van der Waals surface area contributed by atoms with Gasteiger partial charge in [0.1, 0.15) is 5.75 Å². The van der Waals surface area contributed by atoms with Crippen molar-refractivity contribution in [2.45, 2.75) is 12.5 Å². The second kappa shape index (κ2) is 7.76. The van der Waals surface area contributed by atoms with Gasteiger partial charge >= 0.3 is 6.03 Å². The van der Waals surface area contributed by atoms with Gasteiger partial charge in [0.2, 0.25) is 6.79 Å². The van der Waals surface area contributed by atoms with Crippen molar-refractivity contribution >= 4 is 11.7 Å². The van der Waals surface area contributed by atoms with Gasteiger partial charge in [-0.1, -0.05) is 12.1 Å². The van der Waals surface area contributed by atoms with Crippen LogP contribution in [0.1, 0.15) is 18.1 Å². The number of rotatable bonds is 6. The molecule has 0 saturated carbocycles. The fourth-order valence-corrected chi connectivity index (χ4v) is 2.49. The van der Waals surface area contributed by atoms with Gasteiger partial charge in [-0.15, -0.1) is 0 Å². The van der Waals surface area contributed by atoms with Crippen LogP contribution in [-0.4, -0.2) is 31.6 Å². The van der Waals surface area contributed by atoms with E-state index < -0.39 is 6.10 Å². The quantitative estimate of drug-likeness (QED) is 0.750. The van der Waals surface area contributed by atoms with E-state index in [2.05, 4.69) is 10.6 Å². The number of methoxy groups -OCH3 is 1. The lowest BCUT2D eigenvalue weighted by atomic mass is 10.1. The Kier molecular flexibility index (Phi) is 5.25. The van der Waals surface area contributed by atoms with E-state index >= 15 is 0 Å². The van der Waals surface area contributed by atoms with Gasteiger partial charge < -0.3 is 30.0 Å². The van der Waals surface area contributed by atoms with E-state index in [0.29, 0.717) is 35.9 Å². The summed E-state index contributed by atoms with van der Waals surface area (Å²) in [5.74, 6) is 1.96. The Morgan fingerprint density at radius 2 is 2.08 bits per heavy atom. The molecule has 0 saturated heterocycles. The molecule has 1 aliphatic heterocycles. The molecule has 132 valence electrons. The lowest BCUT2D eigenvalue weighted by Gasteiger charge is -2.13. The molecule has 3 rings (SSSR count). The summed E-state index contributed by atoms with van der Waals surface area (Å²) in [5, 5.41) is 15.7. The maximum absolute atomic E-state index is 11.9. The van der Waals surface area contributed by atoms with Gasteiger partial charge in [-0.25, -0.2) is 4.79 Å². The number of ether oxygens (including phenoxy) is 3. The average molecular weight is 344 g/mol. The van der Waals surface area contributed by atoms with E-state index in [9.17, 15) is 9.90 Å². The molecule has 1 unspecified atom stereocenters. The number of hydrogen-bond acceptors (Lipinski definition) is 5. The summed E-state index contributed by atoms with van der Waals surface area (Å²) < 4.78 is 15.6. The van der Waals surface area contributed by atoms with Crippen molar-refractivity contribution in [2.75, 3.05) is 25.8 Å². The number of fused-ring (bicyclic) bond motifs is 1. The normalized spacial score (nSPS) is 13.2. The zero-order valence-corrected chi connectivity index (χ0v) is 13.8. The Morgan fingerprint density at radius 3 is 2.92 bits per heavy atom. The van der Waals surface area contributed by atoms with Gasteiger partial charge in [-0.2, -0.15) is 0 Å². The number of aliphatic hydroxyl groups excluding tert-OH is 1. The molecule has 7 heteroatoms. The lowest BCUT2D eigenvalue weighted by molar-refractivity contribution is 0.165. The Hall–Kier alpha value is -2.93. The minimum atomic E-state index is -0.702. The summed E-state index contributed by atoms with van der Waals surface area (Å²) in [6.45, 7) is 0.520. The third-order valence-electron chi connectivity index (χ3n) is 3.81. The van der Waals surface area contributed by atoms with E-state index in [4.69, 9.17) is 14.2 Å². The first-order valence-electron chi connectivity index (χ1n) is 7.92. The highest BCUT2D eigenvalue weighted by atomic mass is 16.7. The zero-order valence-electron chi connectivity index (χ0n) is 13.8. The SMILES string of the molecule is COc1cccc(NC(=O)NCCC(O)c2ccc3c(c2)OCO3)c1. The van der Waals surface area contributed by atoms with Crippen molar-refractivity contribution in [3.05, 3.63) is 48.0 Å². The standard InChI is InChI=1S/C18H20N2O5/c1-23-14-4-2-3-13(10-14)20-18(22)19-8-7-15(21)12-5-6-16-17(9-12)25-11-24-16/h2-6,9-10,15,21H,7-8,11H2,1H3,(H2,19,20,22). The van der Waals surface area contributed by atoms with E-state index in [1.165, 1.54) is 0 Å². The van der Waals surface area contributed by atoms with Gasteiger partial charge in [-0.3, -0.25) is 0 Å². The van der Waals surface area contributed by atoms with Gasteiger partial charge in [0, 0.05) is 18.3 Å². The minimum absolute atomic E-state index is 0.195. The van der Waals surface area contributed by atoms with Crippen LogP contribution in [0.5, 0.6) is 17.2 Å². The summed E-state index contributed by atoms with van der Waals surface area (Å²) >= 11 is 0. The second-order valence-electron chi connectivity index (χ2n) is 5.53. The molecular formula is C18H20N2O5. The smallest absolute Gasteiger partial charge is 0.319 e. The molecule has 0 aromatic heterocycles. The molecule has 0 radical (unpaired) electrons. The molecule has 1 heterocycles. The van der Waals surface area contributed by atoms with Crippen LogP contribution in [0.3, 0.4) is 0 Å². The van der Waals surface area contributed by atoms with Crippen molar-refractivity contribution in [2.24, 2.45) is 0 Å². The molecule has 25 heavy (non-hydrogen) atoms. The van der Waals surface area contributed by atoms with Crippen molar-refractivity contribution in [3.8, 4) is 17.2 Å². The van der Waals surface area contributed by atoms with Crippen molar-refractivity contribution in [3.63, 3.8) is 0 Å². The topological polar surface area (TPSA) is 89.1 Å². The van der Waals surface area contributed by atoms with Crippen LogP contribution in [0.25, 0.3) is 0 Å². The highest BCUT2D eigenvalue weighted by Crippen LogP contribution is 2.34. The summed E-state index contributed by atoms with van der Waals surface area (Å²) in [6.07, 6.45) is -0.322. The van der Waals surface area contributed by atoms with E-state index in [0.717, 1.165) is 5.56 Å². The number of carbonyl (C=O) groups excluding carboxylic acids is 1. The monoisotopic (exact) mass is 344 g/mol. The number of anilines is 1.